The Hall–Kier alpha value is -2.13. The van der Waals surface area contributed by atoms with Gasteiger partial charge in [-0.25, -0.2) is 14.8 Å². The minimum Gasteiger partial charge on any atom is -0.379 e. The molecule has 2 aliphatic heterocycles. The average molecular weight is 479 g/mol. The second-order valence-corrected chi connectivity index (χ2v) is 8.88. The number of benzene rings is 1. The first-order valence-electron chi connectivity index (χ1n) is 10.9. The number of nitrogens with zero attached hydrogens (tertiary/aromatic N) is 4. The minimum absolute atomic E-state index is 0.130. The molecule has 0 saturated carbocycles. The van der Waals surface area contributed by atoms with E-state index in [0.717, 1.165) is 62.6 Å². The van der Waals surface area contributed by atoms with Gasteiger partial charge in [0.05, 0.1) is 41.5 Å². The zero-order valence-corrected chi connectivity index (χ0v) is 19.6. The van der Waals surface area contributed by atoms with Crippen molar-refractivity contribution in [3.05, 3.63) is 51.3 Å². The molecule has 1 atom stereocenters. The molecule has 1 aromatic carbocycles. The molecule has 2 aliphatic rings. The number of hydrogen-bond donors (Lipinski definition) is 2. The molecule has 1 aromatic heterocycles. The summed E-state index contributed by atoms with van der Waals surface area (Å²) in [6.07, 6.45) is 2.60. The molecule has 2 amide bonds. The normalized spacial score (nSPS) is 17.5. The number of carbonyl (C=O) groups excluding carboxylic acids is 1. The Labute approximate surface area is 198 Å². The van der Waals surface area contributed by atoms with Crippen LogP contribution in [0.4, 0.5) is 10.7 Å². The number of fused-ring (bicyclic) bond motifs is 1. The monoisotopic (exact) mass is 478 g/mol. The third kappa shape index (κ3) is 5.81. The SMILES string of the molecule is C[C@@H](NC(=O)N1CCc2cnc(NCCN3CCOCC3)nc2C1)c1ccc(Cl)c(Cl)c1. The van der Waals surface area contributed by atoms with E-state index in [9.17, 15) is 4.79 Å². The molecule has 10 heteroatoms. The molecule has 1 saturated heterocycles. The Morgan fingerprint density at radius 3 is 2.81 bits per heavy atom. The van der Waals surface area contributed by atoms with Gasteiger partial charge >= 0.3 is 6.03 Å². The molecule has 8 nitrogen and oxygen atoms in total. The quantitative estimate of drug-likeness (QED) is 0.662. The van der Waals surface area contributed by atoms with Crippen molar-refractivity contribution in [3.63, 3.8) is 0 Å². The summed E-state index contributed by atoms with van der Waals surface area (Å²) in [6, 6.07) is 5.06. The van der Waals surface area contributed by atoms with E-state index in [-0.39, 0.29) is 12.1 Å². The van der Waals surface area contributed by atoms with E-state index in [1.807, 2.05) is 19.2 Å². The lowest BCUT2D eigenvalue weighted by Gasteiger charge is -2.30. The number of ether oxygens (including phenoxy) is 1. The van der Waals surface area contributed by atoms with E-state index < -0.39 is 0 Å². The van der Waals surface area contributed by atoms with Crippen LogP contribution in [0.2, 0.25) is 10.0 Å². The van der Waals surface area contributed by atoms with Crippen LogP contribution in [0.25, 0.3) is 0 Å². The molecule has 0 spiro atoms. The van der Waals surface area contributed by atoms with Gasteiger partial charge < -0.3 is 20.3 Å². The Balaban J connectivity index is 1.32. The summed E-state index contributed by atoms with van der Waals surface area (Å²) in [6.45, 7) is 8.18. The smallest absolute Gasteiger partial charge is 0.318 e. The average Bonchev–Trinajstić information content (AvgIpc) is 2.81. The molecule has 2 aromatic rings. The standard InChI is InChI=1S/C22H28Cl2N6O2/c1-15(16-2-3-18(23)19(24)12-16)27-22(31)30-6-4-17-13-26-21(28-20(17)14-30)25-5-7-29-8-10-32-11-9-29/h2-3,12-13,15H,4-11,14H2,1H3,(H,27,31)(H,25,26,28)/t15-/m1/s1. The number of urea groups is 1. The Morgan fingerprint density at radius 2 is 2.03 bits per heavy atom. The van der Waals surface area contributed by atoms with Crippen LogP contribution in [0.15, 0.2) is 24.4 Å². The number of halogens is 2. The van der Waals surface area contributed by atoms with E-state index in [4.69, 9.17) is 27.9 Å². The van der Waals surface area contributed by atoms with Crippen molar-refractivity contribution in [3.8, 4) is 0 Å². The summed E-state index contributed by atoms with van der Waals surface area (Å²) in [5.74, 6) is 0.600. The molecular formula is C22H28Cl2N6O2. The molecular weight excluding hydrogens is 451 g/mol. The highest BCUT2D eigenvalue weighted by molar-refractivity contribution is 6.42. The van der Waals surface area contributed by atoms with Crippen LogP contribution in [-0.2, 0) is 17.7 Å². The highest BCUT2D eigenvalue weighted by atomic mass is 35.5. The lowest BCUT2D eigenvalue weighted by atomic mass is 10.1. The molecule has 1 fully saturated rings. The summed E-state index contributed by atoms with van der Waals surface area (Å²) in [5.41, 5.74) is 2.88. The predicted molar refractivity (Wildman–Crippen MR) is 125 cm³/mol. The van der Waals surface area contributed by atoms with Crippen molar-refractivity contribution in [1.29, 1.82) is 0 Å². The molecule has 32 heavy (non-hydrogen) atoms. The minimum atomic E-state index is -0.193. The lowest BCUT2D eigenvalue weighted by Crippen LogP contribution is -2.44. The van der Waals surface area contributed by atoms with Gasteiger partial charge in [0.15, 0.2) is 0 Å². The fourth-order valence-corrected chi connectivity index (χ4v) is 4.16. The van der Waals surface area contributed by atoms with Crippen LogP contribution in [0.3, 0.4) is 0 Å². The van der Waals surface area contributed by atoms with E-state index in [2.05, 4.69) is 25.5 Å². The maximum Gasteiger partial charge on any atom is 0.318 e. The van der Waals surface area contributed by atoms with E-state index in [1.54, 1.807) is 17.0 Å². The lowest BCUT2D eigenvalue weighted by molar-refractivity contribution is 0.0398. The largest absolute Gasteiger partial charge is 0.379 e. The molecule has 2 N–H and O–H groups in total. The van der Waals surface area contributed by atoms with Crippen molar-refractivity contribution in [2.45, 2.75) is 25.9 Å². The maximum atomic E-state index is 12.9. The fourth-order valence-electron chi connectivity index (χ4n) is 3.85. The van der Waals surface area contributed by atoms with Gasteiger partial charge in [-0.3, -0.25) is 4.90 Å². The highest BCUT2D eigenvalue weighted by Gasteiger charge is 2.24. The first kappa shape index (κ1) is 23.0. The topological polar surface area (TPSA) is 82.6 Å². The summed E-state index contributed by atoms with van der Waals surface area (Å²) in [4.78, 5) is 26.1. The van der Waals surface area contributed by atoms with Crippen molar-refractivity contribution in [2.24, 2.45) is 0 Å². The summed E-state index contributed by atoms with van der Waals surface area (Å²) in [5, 5.41) is 7.31. The van der Waals surface area contributed by atoms with Gasteiger partial charge in [-0.05, 0) is 36.6 Å². The van der Waals surface area contributed by atoms with Gasteiger partial charge in [-0.2, -0.15) is 0 Å². The Bertz CT molecular complexity index is 954. The number of aromatic nitrogens is 2. The van der Waals surface area contributed by atoms with Crippen molar-refractivity contribution in [2.75, 3.05) is 51.3 Å². The summed E-state index contributed by atoms with van der Waals surface area (Å²) in [7, 11) is 0. The zero-order chi connectivity index (χ0) is 22.5. The maximum absolute atomic E-state index is 12.9. The summed E-state index contributed by atoms with van der Waals surface area (Å²) >= 11 is 12.1. The predicted octanol–water partition coefficient (Wildman–Crippen LogP) is 3.36. The van der Waals surface area contributed by atoms with Gasteiger partial charge in [0.2, 0.25) is 5.95 Å². The molecule has 0 bridgehead atoms. The van der Waals surface area contributed by atoms with Gasteiger partial charge in [0, 0.05) is 38.9 Å². The van der Waals surface area contributed by atoms with E-state index in [0.29, 0.717) is 29.1 Å². The molecule has 4 rings (SSSR count). The van der Waals surface area contributed by atoms with Gasteiger partial charge in [-0.1, -0.05) is 29.3 Å². The van der Waals surface area contributed by atoms with Crippen molar-refractivity contribution >= 4 is 35.2 Å². The van der Waals surface area contributed by atoms with Crippen molar-refractivity contribution < 1.29 is 9.53 Å². The van der Waals surface area contributed by atoms with Crippen LogP contribution in [0.1, 0.15) is 29.8 Å². The molecule has 0 aliphatic carbocycles. The first-order chi connectivity index (χ1) is 15.5. The number of rotatable bonds is 6. The molecule has 0 unspecified atom stereocenters. The third-order valence-electron chi connectivity index (χ3n) is 5.83. The van der Waals surface area contributed by atoms with Gasteiger partial charge in [0.25, 0.3) is 0 Å². The van der Waals surface area contributed by atoms with Gasteiger partial charge in [-0.15, -0.1) is 0 Å². The van der Waals surface area contributed by atoms with E-state index in [1.165, 1.54) is 0 Å². The zero-order valence-electron chi connectivity index (χ0n) is 18.1. The third-order valence-corrected chi connectivity index (χ3v) is 6.57. The Kier molecular flexibility index (Phi) is 7.67. The van der Waals surface area contributed by atoms with Crippen LogP contribution in [0.5, 0.6) is 0 Å². The van der Waals surface area contributed by atoms with Crippen LogP contribution >= 0.6 is 23.2 Å². The van der Waals surface area contributed by atoms with E-state index >= 15 is 0 Å². The second kappa shape index (κ2) is 10.7. The van der Waals surface area contributed by atoms with Crippen molar-refractivity contribution in [1.82, 2.24) is 25.1 Å². The van der Waals surface area contributed by atoms with Crippen LogP contribution in [-0.4, -0.2) is 71.7 Å². The number of morpholine rings is 1. The number of anilines is 1. The Morgan fingerprint density at radius 1 is 1.22 bits per heavy atom. The molecule has 3 heterocycles. The second-order valence-electron chi connectivity index (χ2n) is 8.06. The van der Waals surface area contributed by atoms with Gasteiger partial charge in [0.1, 0.15) is 0 Å². The summed E-state index contributed by atoms with van der Waals surface area (Å²) < 4.78 is 5.38. The first-order valence-corrected chi connectivity index (χ1v) is 11.6. The number of amides is 2. The number of hydrogen-bond acceptors (Lipinski definition) is 6. The van der Waals surface area contributed by atoms with Crippen LogP contribution < -0.4 is 10.6 Å². The molecule has 0 radical (unpaired) electrons. The van der Waals surface area contributed by atoms with Crippen LogP contribution in [0, 0.1) is 0 Å². The fraction of sp³-hybridized carbons (Fsp3) is 0.500. The highest BCUT2D eigenvalue weighted by Crippen LogP contribution is 2.26. The number of nitrogens with one attached hydrogen (secondary N) is 2. The number of carbonyl (C=O) groups is 1. The molecule has 172 valence electrons.